The van der Waals surface area contributed by atoms with Gasteiger partial charge in [0.05, 0.1) is 31.0 Å². The zero-order chi connectivity index (χ0) is 37.3. The molecule has 4 aromatic rings. The molecule has 0 bridgehead atoms. The molecule has 3 heterocycles. The van der Waals surface area contributed by atoms with Crippen LogP contribution in [0.1, 0.15) is 52.4 Å². The number of aliphatic hydroxyl groups excluding tert-OH is 1. The Balaban J connectivity index is 1.55. The van der Waals surface area contributed by atoms with Crippen LogP contribution in [0.25, 0.3) is 0 Å². The number of carbonyl (C=O) groups excluding carboxylic acids is 3. The van der Waals surface area contributed by atoms with E-state index in [-0.39, 0.29) is 43.2 Å². The number of esters is 1. The van der Waals surface area contributed by atoms with Gasteiger partial charge in [0.15, 0.2) is 0 Å². The summed E-state index contributed by atoms with van der Waals surface area (Å²) in [6.45, 7) is -0.333. The van der Waals surface area contributed by atoms with Gasteiger partial charge in [-0.05, 0) is 52.6 Å². The summed E-state index contributed by atoms with van der Waals surface area (Å²) in [5.41, 5.74) is 0.214. The van der Waals surface area contributed by atoms with E-state index in [1.807, 2.05) is 60.7 Å². The van der Waals surface area contributed by atoms with E-state index in [0.29, 0.717) is 22.3 Å². The highest BCUT2D eigenvalue weighted by Crippen LogP contribution is 2.65. The second-order valence-corrected chi connectivity index (χ2v) is 12.9. The zero-order valence-corrected chi connectivity index (χ0v) is 28.6. The van der Waals surface area contributed by atoms with Gasteiger partial charge in [-0.25, -0.2) is 9.69 Å². The average molecular weight is 717 g/mol. The number of carboxylic acid groups (broad SMARTS) is 1. The summed E-state index contributed by atoms with van der Waals surface area (Å²) in [4.78, 5) is 60.4. The molecule has 0 saturated carbocycles. The van der Waals surface area contributed by atoms with Crippen LogP contribution in [0.3, 0.4) is 0 Å². The van der Waals surface area contributed by atoms with Crippen LogP contribution >= 0.6 is 0 Å². The molecule has 2 saturated heterocycles. The van der Waals surface area contributed by atoms with E-state index >= 15 is 4.79 Å². The summed E-state index contributed by atoms with van der Waals surface area (Å²) in [6.07, 6.45) is -1.82. The Morgan fingerprint density at radius 1 is 0.868 bits per heavy atom. The SMILES string of the molecule is COCCOC(=O)N1C(=O)[C@@]2(c3cc(C#CCCO)ccc31)[C@H](C(=O)O)[C@H]1C(=O)O[C@H](c3ccccc3)[C@H](c3ccccc3)N1[C@@H]2c1ccc(O)cc1. The van der Waals surface area contributed by atoms with Gasteiger partial charge in [-0.1, -0.05) is 84.6 Å². The van der Waals surface area contributed by atoms with E-state index in [1.165, 1.54) is 25.3 Å². The molecule has 7 rings (SSSR count). The lowest BCUT2D eigenvalue weighted by Gasteiger charge is -2.46. The van der Waals surface area contributed by atoms with Gasteiger partial charge < -0.3 is 29.5 Å². The topological polar surface area (TPSA) is 163 Å². The molecule has 0 aliphatic carbocycles. The van der Waals surface area contributed by atoms with Crippen molar-refractivity contribution in [2.75, 3.05) is 31.8 Å². The normalized spacial score (nSPS) is 24.6. The summed E-state index contributed by atoms with van der Waals surface area (Å²) < 4.78 is 16.7. The number of aromatic hydroxyl groups is 1. The van der Waals surface area contributed by atoms with Crippen LogP contribution in [0.15, 0.2) is 103 Å². The van der Waals surface area contributed by atoms with Crippen LogP contribution in [-0.2, 0) is 34.0 Å². The monoisotopic (exact) mass is 716 g/mol. The number of morpholine rings is 1. The van der Waals surface area contributed by atoms with Gasteiger partial charge in [-0.3, -0.25) is 19.3 Å². The number of imide groups is 1. The number of hydrogen-bond donors (Lipinski definition) is 3. The molecule has 2 amide bonds. The molecule has 2 fully saturated rings. The van der Waals surface area contributed by atoms with Crippen LogP contribution < -0.4 is 4.90 Å². The first-order chi connectivity index (χ1) is 25.7. The second-order valence-electron chi connectivity index (χ2n) is 12.9. The molecule has 270 valence electrons. The number of aliphatic hydroxyl groups is 1. The number of methoxy groups -OCH3 is 1. The highest BCUT2D eigenvalue weighted by atomic mass is 16.6. The van der Waals surface area contributed by atoms with Gasteiger partial charge >= 0.3 is 18.0 Å². The molecule has 12 nitrogen and oxygen atoms in total. The van der Waals surface area contributed by atoms with E-state index in [2.05, 4.69) is 11.8 Å². The minimum atomic E-state index is -2.14. The number of phenols is 1. The molecule has 3 aliphatic heterocycles. The first-order valence-corrected chi connectivity index (χ1v) is 17.1. The van der Waals surface area contributed by atoms with Crippen molar-refractivity contribution in [1.82, 2.24) is 4.90 Å². The van der Waals surface area contributed by atoms with E-state index in [4.69, 9.17) is 14.2 Å². The number of aliphatic carboxylic acids is 1. The molecule has 0 unspecified atom stereocenters. The zero-order valence-electron chi connectivity index (χ0n) is 28.6. The van der Waals surface area contributed by atoms with Crippen LogP contribution in [-0.4, -0.2) is 77.1 Å². The largest absolute Gasteiger partial charge is 0.508 e. The third-order valence-corrected chi connectivity index (χ3v) is 10.1. The predicted octanol–water partition coefficient (Wildman–Crippen LogP) is 4.66. The van der Waals surface area contributed by atoms with Crippen molar-refractivity contribution in [3.63, 3.8) is 0 Å². The average Bonchev–Trinajstić information content (AvgIpc) is 3.62. The lowest BCUT2D eigenvalue weighted by atomic mass is 9.65. The van der Waals surface area contributed by atoms with Crippen molar-refractivity contribution in [3.8, 4) is 17.6 Å². The third kappa shape index (κ3) is 5.89. The highest BCUT2D eigenvalue weighted by Gasteiger charge is 2.76. The van der Waals surface area contributed by atoms with E-state index in [1.54, 1.807) is 29.2 Å². The smallest absolute Gasteiger partial charge is 0.421 e. The van der Waals surface area contributed by atoms with Gasteiger partial charge in [-0.2, -0.15) is 0 Å². The molecule has 12 heteroatoms. The Bertz CT molecular complexity index is 2100. The Labute approximate surface area is 305 Å². The summed E-state index contributed by atoms with van der Waals surface area (Å²) in [7, 11) is 1.43. The molecule has 1 spiro atoms. The van der Waals surface area contributed by atoms with Crippen molar-refractivity contribution in [2.45, 2.75) is 36.1 Å². The van der Waals surface area contributed by atoms with Crippen LogP contribution in [0.4, 0.5) is 10.5 Å². The Hall–Kier alpha value is -6.00. The third-order valence-electron chi connectivity index (χ3n) is 10.1. The molecule has 0 aromatic heterocycles. The van der Waals surface area contributed by atoms with Crippen molar-refractivity contribution >= 4 is 29.6 Å². The Kier molecular flexibility index (Phi) is 9.72. The number of hydrogen-bond acceptors (Lipinski definition) is 10. The molecule has 0 radical (unpaired) electrons. The predicted molar refractivity (Wildman–Crippen MR) is 189 cm³/mol. The summed E-state index contributed by atoms with van der Waals surface area (Å²) in [5, 5.41) is 31.1. The quantitative estimate of drug-likeness (QED) is 0.132. The fourth-order valence-electron chi connectivity index (χ4n) is 8.10. The van der Waals surface area contributed by atoms with Crippen LogP contribution in [0.2, 0.25) is 0 Å². The fourth-order valence-corrected chi connectivity index (χ4v) is 8.10. The highest BCUT2D eigenvalue weighted by molar-refractivity contribution is 6.23. The number of nitrogens with zero attached hydrogens (tertiary/aromatic N) is 2. The van der Waals surface area contributed by atoms with Crippen molar-refractivity contribution in [2.24, 2.45) is 5.92 Å². The number of cyclic esters (lactones) is 1. The fraction of sp³-hybridized carbons (Fsp3) is 0.268. The summed E-state index contributed by atoms with van der Waals surface area (Å²) in [6, 6.07) is 25.4. The van der Waals surface area contributed by atoms with E-state index in [0.717, 1.165) is 4.90 Å². The molecule has 6 atom stereocenters. The summed E-state index contributed by atoms with van der Waals surface area (Å²) >= 11 is 0. The van der Waals surface area contributed by atoms with Gasteiger partial charge in [0, 0.05) is 19.1 Å². The van der Waals surface area contributed by atoms with E-state index < -0.39 is 59.5 Å². The van der Waals surface area contributed by atoms with Crippen LogP contribution in [0, 0.1) is 17.8 Å². The molecule has 3 N–H and O–H groups in total. The van der Waals surface area contributed by atoms with Crippen LogP contribution in [0.5, 0.6) is 5.75 Å². The van der Waals surface area contributed by atoms with E-state index in [9.17, 15) is 29.7 Å². The number of rotatable bonds is 8. The first kappa shape index (κ1) is 35.4. The van der Waals surface area contributed by atoms with Gasteiger partial charge in [0.1, 0.15) is 35.8 Å². The maximum absolute atomic E-state index is 15.5. The summed E-state index contributed by atoms with van der Waals surface area (Å²) in [5.74, 6) is 0.732. The second kappa shape index (κ2) is 14.6. The molecule has 4 aromatic carbocycles. The number of amides is 2. The number of carbonyl (C=O) groups is 4. The minimum Gasteiger partial charge on any atom is -0.508 e. The standard InChI is InChI=1S/C41H36N2O10/c1-51-22-23-52-40(50)42-31-20-15-25(10-8-9-21-44)24-30(31)41(39(42)49)32(37(46)47)34-38(48)53-35(27-13-6-3-7-14-27)33(26-11-4-2-5-12-26)43(34)36(41)28-16-18-29(45)19-17-28/h2-7,11-20,24,32-36,44-45H,9,21-23H2,1H3,(H,46,47)/t32-,33-,34-,35+,36+,41-/m0/s1. The minimum absolute atomic E-state index is 0.0420. The van der Waals surface area contributed by atoms with Gasteiger partial charge in [0.2, 0.25) is 5.91 Å². The van der Waals surface area contributed by atoms with Gasteiger partial charge in [0.25, 0.3) is 0 Å². The maximum atomic E-state index is 15.5. The number of phenolic OH excluding ortho intramolecular Hbond substituents is 1. The Morgan fingerprint density at radius 3 is 2.19 bits per heavy atom. The molecular formula is C41H36N2O10. The molecular weight excluding hydrogens is 680 g/mol. The number of carboxylic acids is 1. The van der Waals surface area contributed by atoms with Crippen molar-refractivity contribution < 1.29 is 48.7 Å². The maximum Gasteiger partial charge on any atom is 0.421 e. The van der Waals surface area contributed by atoms with Gasteiger partial charge in [-0.15, -0.1) is 0 Å². The molecule has 53 heavy (non-hydrogen) atoms. The van der Waals surface area contributed by atoms with Crippen molar-refractivity contribution in [3.05, 3.63) is 131 Å². The lowest BCUT2D eigenvalue weighted by Crippen LogP contribution is -2.53. The number of ether oxygens (including phenoxy) is 3. The number of fused-ring (bicyclic) bond motifs is 3. The Morgan fingerprint density at radius 2 is 1.55 bits per heavy atom. The first-order valence-electron chi connectivity index (χ1n) is 17.1. The lowest BCUT2D eigenvalue weighted by molar-refractivity contribution is -0.179. The van der Waals surface area contributed by atoms with Crippen molar-refractivity contribution in [1.29, 1.82) is 0 Å². The number of benzene rings is 4. The number of anilines is 1. The molecule has 3 aliphatic rings.